The number of benzene rings is 3. The number of halogens is 2. The van der Waals surface area contributed by atoms with E-state index >= 15 is 0 Å². The van der Waals surface area contributed by atoms with Gasteiger partial charge in [0.2, 0.25) is 10.0 Å². The Kier molecular flexibility index (Phi) is 8.60. The monoisotopic (exact) mass is 652 g/mol. The fraction of sp³-hybridized carbons (Fsp3) is 0.333. The van der Waals surface area contributed by atoms with Gasteiger partial charge in [0.15, 0.2) is 0 Å². The standard InChI is InChI=1S/C33H34ClFN4O5S/c1-4-43-33(40)32-24(9-6-16-44-28-10-5-8-21-18-22(35)11-12-23(21)28)25-13-14-26(34)30-29-20(2)38(3)37-27(29)19-36-45(41,42)17-7-15-39(32)31(25)30/h5,8,10-14,18,36H,4,6-7,9,15-17,19H2,1-3H3. The zero-order valence-electron chi connectivity index (χ0n) is 25.3. The molecule has 0 bridgehead atoms. The Balaban J connectivity index is 1.46. The van der Waals surface area contributed by atoms with Crippen LogP contribution < -0.4 is 9.46 Å². The largest absolute Gasteiger partial charge is 0.493 e. The molecule has 3 heterocycles. The molecule has 9 nitrogen and oxygen atoms in total. The SMILES string of the molecule is CCOC(=O)c1c(CCCOc2cccc3cc(F)ccc23)c2ccc(Cl)c3c2n1CCCS(=O)(=O)NCc1nn(C)c(C)c1-3. The molecule has 12 heteroatoms. The molecule has 0 atom stereocenters. The van der Waals surface area contributed by atoms with Gasteiger partial charge in [-0.2, -0.15) is 5.10 Å². The second kappa shape index (κ2) is 12.5. The summed E-state index contributed by atoms with van der Waals surface area (Å²) >= 11 is 6.94. The van der Waals surface area contributed by atoms with Crippen molar-refractivity contribution in [3.8, 4) is 16.9 Å². The van der Waals surface area contributed by atoms with Gasteiger partial charge in [0.25, 0.3) is 0 Å². The summed E-state index contributed by atoms with van der Waals surface area (Å²) in [6.45, 7) is 4.47. The summed E-state index contributed by atoms with van der Waals surface area (Å²) in [5.74, 6) is -0.264. The first-order valence-electron chi connectivity index (χ1n) is 14.9. The van der Waals surface area contributed by atoms with Gasteiger partial charge in [0, 0.05) is 41.2 Å². The quantitative estimate of drug-likeness (QED) is 0.163. The van der Waals surface area contributed by atoms with Crippen LogP contribution in [0.1, 0.15) is 47.2 Å². The van der Waals surface area contributed by atoms with Crippen molar-refractivity contribution >= 4 is 49.3 Å². The lowest BCUT2D eigenvalue weighted by Gasteiger charge is -2.14. The molecule has 0 radical (unpaired) electrons. The minimum atomic E-state index is -3.61. The van der Waals surface area contributed by atoms with Gasteiger partial charge in [0.05, 0.1) is 41.7 Å². The predicted octanol–water partition coefficient (Wildman–Crippen LogP) is 6.31. The minimum Gasteiger partial charge on any atom is -0.493 e. The number of hydrogen-bond donors (Lipinski definition) is 1. The molecule has 236 valence electrons. The number of ether oxygens (including phenoxy) is 2. The van der Waals surface area contributed by atoms with E-state index in [0.29, 0.717) is 47.2 Å². The lowest BCUT2D eigenvalue weighted by Crippen LogP contribution is -2.27. The van der Waals surface area contributed by atoms with Crippen LogP contribution in [0.3, 0.4) is 0 Å². The zero-order chi connectivity index (χ0) is 31.9. The second-order valence-electron chi connectivity index (χ2n) is 11.1. The highest BCUT2D eigenvalue weighted by molar-refractivity contribution is 7.89. The minimum absolute atomic E-state index is 0.0164. The summed E-state index contributed by atoms with van der Waals surface area (Å²) in [4.78, 5) is 13.6. The molecule has 1 N–H and O–H groups in total. The third kappa shape index (κ3) is 5.92. The van der Waals surface area contributed by atoms with Gasteiger partial charge in [0.1, 0.15) is 17.3 Å². The summed E-state index contributed by atoms with van der Waals surface area (Å²) < 4.78 is 57.5. The topological polar surface area (TPSA) is 104 Å². The molecule has 1 aliphatic rings. The van der Waals surface area contributed by atoms with Crippen LogP contribution in [0.5, 0.6) is 5.75 Å². The Morgan fingerprint density at radius 3 is 2.73 bits per heavy atom. The van der Waals surface area contributed by atoms with Crippen molar-refractivity contribution < 1.29 is 27.1 Å². The first-order valence-corrected chi connectivity index (χ1v) is 16.9. The third-order valence-corrected chi connectivity index (χ3v) is 10.0. The van der Waals surface area contributed by atoms with E-state index < -0.39 is 16.0 Å². The normalized spacial score (nSPS) is 14.7. The van der Waals surface area contributed by atoms with Gasteiger partial charge >= 0.3 is 5.97 Å². The second-order valence-corrected chi connectivity index (χ2v) is 13.4. The van der Waals surface area contributed by atoms with Crippen molar-refractivity contribution in [1.82, 2.24) is 19.1 Å². The van der Waals surface area contributed by atoms with Crippen molar-refractivity contribution in [2.24, 2.45) is 7.05 Å². The van der Waals surface area contributed by atoms with Gasteiger partial charge in [-0.25, -0.2) is 22.3 Å². The van der Waals surface area contributed by atoms with E-state index in [4.69, 9.17) is 21.1 Å². The number of carbonyl (C=O) groups excluding carboxylic acids is 1. The highest BCUT2D eigenvalue weighted by Gasteiger charge is 2.30. The molecule has 5 aromatic rings. The van der Waals surface area contributed by atoms with E-state index in [1.165, 1.54) is 12.1 Å². The van der Waals surface area contributed by atoms with E-state index in [1.54, 1.807) is 24.7 Å². The number of carbonyl (C=O) groups is 1. The van der Waals surface area contributed by atoms with Crippen molar-refractivity contribution in [2.75, 3.05) is 19.0 Å². The van der Waals surface area contributed by atoms with Crippen LogP contribution >= 0.6 is 11.6 Å². The molecule has 0 amide bonds. The highest BCUT2D eigenvalue weighted by Crippen LogP contribution is 2.42. The average Bonchev–Trinajstić information content (AvgIpc) is 3.46. The van der Waals surface area contributed by atoms with Crippen molar-refractivity contribution in [2.45, 2.75) is 46.2 Å². The molecule has 45 heavy (non-hydrogen) atoms. The number of rotatable bonds is 7. The first-order chi connectivity index (χ1) is 21.6. The van der Waals surface area contributed by atoms with Crippen LogP contribution in [0.4, 0.5) is 4.39 Å². The number of aryl methyl sites for hydroxylation is 3. The number of nitrogens with zero attached hydrogens (tertiary/aromatic N) is 3. The number of fused-ring (bicyclic) bond motifs is 3. The molecule has 0 saturated heterocycles. The predicted molar refractivity (Wildman–Crippen MR) is 173 cm³/mol. The van der Waals surface area contributed by atoms with E-state index in [9.17, 15) is 17.6 Å². The Hall–Kier alpha value is -3.93. The van der Waals surface area contributed by atoms with Crippen molar-refractivity contribution in [1.29, 1.82) is 0 Å². The highest BCUT2D eigenvalue weighted by atomic mass is 35.5. The molecule has 1 aliphatic heterocycles. The van der Waals surface area contributed by atoms with Crippen molar-refractivity contribution in [3.05, 3.63) is 82.0 Å². The molecule has 0 fully saturated rings. The Bertz CT molecular complexity index is 2050. The summed E-state index contributed by atoms with van der Waals surface area (Å²) in [6, 6.07) is 13.8. The van der Waals surface area contributed by atoms with Crippen LogP contribution in [0.2, 0.25) is 5.02 Å². The first kappa shape index (κ1) is 31.1. The summed E-state index contributed by atoms with van der Waals surface area (Å²) in [7, 11) is -1.81. The number of aromatic nitrogens is 3. The Labute approximate surface area is 265 Å². The van der Waals surface area contributed by atoms with Crippen molar-refractivity contribution in [3.63, 3.8) is 0 Å². The van der Waals surface area contributed by atoms with E-state index in [-0.39, 0.29) is 37.7 Å². The molecule has 0 unspecified atom stereocenters. The molecule has 0 aliphatic carbocycles. The zero-order valence-corrected chi connectivity index (χ0v) is 26.9. The molecule has 0 saturated carbocycles. The lowest BCUT2D eigenvalue weighted by molar-refractivity contribution is 0.0512. The number of sulfonamides is 1. The van der Waals surface area contributed by atoms with E-state index in [2.05, 4.69) is 9.82 Å². The maximum atomic E-state index is 13.8. The summed E-state index contributed by atoms with van der Waals surface area (Å²) in [5, 5.41) is 7.50. The van der Waals surface area contributed by atoms with Crippen LogP contribution in [0.25, 0.3) is 32.8 Å². The van der Waals surface area contributed by atoms with Crippen LogP contribution in [0.15, 0.2) is 48.5 Å². The van der Waals surface area contributed by atoms with Gasteiger partial charge in [-0.1, -0.05) is 29.8 Å². The fourth-order valence-corrected chi connectivity index (χ4v) is 7.47. The molecule has 2 aromatic heterocycles. The number of hydrogen-bond acceptors (Lipinski definition) is 6. The Morgan fingerprint density at radius 2 is 1.93 bits per heavy atom. The molecule has 3 aromatic carbocycles. The number of esters is 1. The smallest absolute Gasteiger partial charge is 0.355 e. The van der Waals surface area contributed by atoms with E-state index in [0.717, 1.165) is 38.5 Å². The average molecular weight is 653 g/mol. The van der Waals surface area contributed by atoms with Crippen LogP contribution in [0, 0.1) is 12.7 Å². The Morgan fingerprint density at radius 1 is 1.13 bits per heavy atom. The molecular formula is C33H34ClFN4O5S. The maximum Gasteiger partial charge on any atom is 0.355 e. The maximum absolute atomic E-state index is 13.8. The van der Waals surface area contributed by atoms with Gasteiger partial charge in [-0.15, -0.1) is 0 Å². The lowest BCUT2D eigenvalue weighted by atomic mass is 9.98. The molecule has 6 rings (SSSR count). The van der Waals surface area contributed by atoms with Gasteiger partial charge in [-0.05, 0) is 74.4 Å². The van der Waals surface area contributed by atoms with Crippen LogP contribution in [-0.2, 0) is 41.3 Å². The molecular weight excluding hydrogens is 619 g/mol. The van der Waals surface area contributed by atoms with Gasteiger partial charge in [-0.3, -0.25) is 4.68 Å². The van der Waals surface area contributed by atoms with E-state index in [1.807, 2.05) is 41.8 Å². The summed E-state index contributed by atoms with van der Waals surface area (Å²) in [6.07, 6.45) is 1.32. The fourth-order valence-electron chi connectivity index (χ4n) is 6.21. The van der Waals surface area contributed by atoms with Gasteiger partial charge < -0.3 is 14.0 Å². The summed E-state index contributed by atoms with van der Waals surface area (Å²) in [5.41, 5.74) is 4.70. The number of nitrogens with one attached hydrogen (secondary N) is 1. The third-order valence-electron chi connectivity index (χ3n) is 8.29. The molecule has 0 spiro atoms. The van der Waals surface area contributed by atoms with Crippen LogP contribution in [-0.4, -0.2) is 47.7 Å².